The molecule has 0 saturated heterocycles. The predicted molar refractivity (Wildman–Crippen MR) is 80.1 cm³/mol. The van der Waals surface area contributed by atoms with E-state index in [0.29, 0.717) is 12.2 Å². The Labute approximate surface area is 121 Å². The molecule has 98 valence electrons. The van der Waals surface area contributed by atoms with E-state index in [1.165, 1.54) is 0 Å². The minimum absolute atomic E-state index is 0.0157. The van der Waals surface area contributed by atoms with Gasteiger partial charge in [0.25, 0.3) is 0 Å². The lowest BCUT2D eigenvalue weighted by Crippen LogP contribution is -2.13. The van der Waals surface area contributed by atoms with Gasteiger partial charge in [0.2, 0.25) is 5.91 Å². The Kier molecular flexibility index (Phi) is 4.68. The van der Waals surface area contributed by atoms with Crippen LogP contribution in [0.2, 0.25) is 0 Å². The van der Waals surface area contributed by atoms with Crippen LogP contribution in [0.5, 0.6) is 0 Å². The van der Waals surface area contributed by atoms with Gasteiger partial charge in [0.1, 0.15) is 5.82 Å². The molecule has 0 aliphatic rings. The van der Waals surface area contributed by atoms with Crippen molar-refractivity contribution in [3.05, 3.63) is 58.2 Å². The highest BCUT2D eigenvalue weighted by Gasteiger charge is 2.05. The van der Waals surface area contributed by atoms with Crippen molar-refractivity contribution in [3.63, 3.8) is 0 Å². The molecule has 1 N–H and O–H groups in total. The van der Waals surface area contributed by atoms with Crippen molar-refractivity contribution in [1.82, 2.24) is 4.98 Å². The standard InChI is InChI=1S/C15H15BrN2O/c1-11-9-14(17-10-13(11)16)18-15(19)8-7-12-5-3-2-4-6-12/h2-6,9-10H,7-8H2,1H3,(H,17,18,19). The summed E-state index contributed by atoms with van der Waals surface area (Å²) in [4.78, 5) is 16.0. The zero-order valence-electron chi connectivity index (χ0n) is 10.7. The molecule has 0 spiro atoms. The molecule has 0 radical (unpaired) electrons. The van der Waals surface area contributed by atoms with Crippen molar-refractivity contribution in [2.24, 2.45) is 0 Å². The Bertz CT molecular complexity index is 570. The quantitative estimate of drug-likeness (QED) is 0.933. The van der Waals surface area contributed by atoms with E-state index >= 15 is 0 Å². The highest BCUT2D eigenvalue weighted by molar-refractivity contribution is 9.10. The molecule has 3 nitrogen and oxygen atoms in total. The van der Waals surface area contributed by atoms with Gasteiger partial charge in [0.15, 0.2) is 0 Å². The lowest BCUT2D eigenvalue weighted by atomic mass is 10.1. The van der Waals surface area contributed by atoms with Crippen LogP contribution in [0.1, 0.15) is 17.5 Å². The topological polar surface area (TPSA) is 42.0 Å². The summed E-state index contributed by atoms with van der Waals surface area (Å²) in [5, 5.41) is 2.81. The highest BCUT2D eigenvalue weighted by atomic mass is 79.9. The number of halogens is 1. The number of nitrogens with one attached hydrogen (secondary N) is 1. The molecule has 1 aromatic carbocycles. The fraction of sp³-hybridized carbons (Fsp3) is 0.200. The van der Waals surface area contributed by atoms with Crippen LogP contribution >= 0.6 is 15.9 Å². The average molecular weight is 319 g/mol. The predicted octanol–water partition coefficient (Wildman–Crippen LogP) is 3.72. The van der Waals surface area contributed by atoms with E-state index in [-0.39, 0.29) is 5.91 Å². The van der Waals surface area contributed by atoms with Gasteiger partial charge in [-0.25, -0.2) is 4.98 Å². The van der Waals surface area contributed by atoms with Gasteiger partial charge in [-0.1, -0.05) is 30.3 Å². The van der Waals surface area contributed by atoms with Crippen LogP contribution in [-0.4, -0.2) is 10.9 Å². The van der Waals surface area contributed by atoms with Crippen LogP contribution in [-0.2, 0) is 11.2 Å². The zero-order chi connectivity index (χ0) is 13.7. The first kappa shape index (κ1) is 13.7. The molecule has 19 heavy (non-hydrogen) atoms. The number of nitrogens with zero attached hydrogens (tertiary/aromatic N) is 1. The molecule has 1 aromatic heterocycles. The van der Waals surface area contributed by atoms with Gasteiger partial charge < -0.3 is 5.32 Å². The monoisotopic (exact) mass is 318 g/mol. The zero-order valence-corrected chi connectivity index (χ0v) is 12.3. The summed E-state index contributed by atoms with van der Waals surface area (Å²) in [5.74, 6) is 0.580. The molecule has 2 aromatic rings. The Hall–Kier alpha value is -1.68. The Morgan fingerprint density at radius 3 is 2.74 bits per heavy atom. The number of pyridine rings is 1. The number of carbonyl (C=O) groups is 1. The first-order chi connectivity index (χ1) is 9.15. The van der Waals surface area contributed by atoms with E-state index in [2.05, 4.69) is 26.2 Å². The van der Waals surface area contributed by atoms with E-state index in [1.54, 1.807) is 6.20 Å². The number of anilines is 1. The van der Waals surface area contributed by atoms with Crippen LogP contribution in [0.15, 0.2) is 47.1 Å². The highest BCUT2D eigenvalue weighted by Crippen LogP contribution is 2.17. The molecular formula is C15H15BrN2O. The molecule has 0 fully saturated rings. The van der Waals surface area contributed by atoms with E-state index in [1.807, 2.05) is 43.3 Å². The summed E-state index contributed by atoms with van der Waals surface area (Å²) < 4.78 is 0.940. The Morgan fingerprint density at radius 1 is 1.32 bits per heavy atom. The second kappa shape index (κ2) is 6.48. The van der Waals surface area contributed by atoms with Crippen LogP contribution in [0, 0.1) is 6.92 Å². The Balaban J connectivity index is 1.89. The smallest absolute Gasteiger partial charge is 0.225 e. The van der Waals surface area contributed by atoms with E-state index in [0.717, 1.165) is 22.0 Å². The lowest BCUT2D eigenvalue weighted by Gasteiger charge is -2.06. The van der Waals surface area contributed by atoms with Crippen LogP contribution in [0.3, 0.4) is 0 Å². The van der Waals surface area contributed by atoms with Crippen molar-refractivity contribution in [2.45, 2.75) is 19.8 Å². The van der Waals surface area contributed by atoms with E-state index in [9.17, 15) is 4.79 Å². The summed E-state index contributed by atoms with van der Waals surface area (Å²) in [6.07, 6.45) is 2.89. The molecule has 0 unspecified atom stereocenters. The molecule has 1 amide bonds. The van der Waals surface area contributed by atoms with E-state index < -0.39 is 0 Å². The molecule has 0 bridgehead atoms. The van der Waals surface area contributed by atoms with Crippen LogP contribution < -0.4 is 5.32 Å². The van der Waals surface area contributed by atoms with Gasteiger partial charge in [0.05, 0.1) is 0 Å². The van der Waals surface area contributed by atoms with Crippen LogP contribution in [0.4, 0.5) is 5.82 Å². The number of aromatic nitrogens is 1. The number of hydrogen-bond acceptors (Lipinski definition) is 2. The summed E-state index contributed by atoms with van der Waals surface area (Å²) in [5.41, 5.74) is 2.21. The number of benzene rings is 1. The molecule has 4 heteroatoms. The molecule has 0 aliphatic heterocycles. The van der Waals surface area contributed by atoms with Crippen molar-refractivity contribution in [3.8, 4) is 0 Å². The molecule has 0 aliphatic carbocycles. The van der Waals surface area contributed by atoms with Crippen LogP contribution in [0.25, 0.3) is 0 Å². The van der Waals surface area contributed by atoms with E-state index in [4.69, 9.17) is 0 Å². The third kappa shape index (κ3) is 4.17. The van der Waals surface area contributed by atoms with Gasteiger partial charge in [-0.15, -0.1) is 0 Å². The van der Waals surface area contributed by atoms with Crippen molar-refractivity contribution < 1.29 is 4.79 Å². The number of amides is 1. The molecule has 1 heterocycles. The number of aryl methyl sites for hydroxylation is 2. The van der Waals surface area contributed by atoms with Gasteiger partial charge in [-0.2, -0.15) is 0 Å². The van der Waals surface area contributed by atoms with Crippen molar-refractivity contribution >= 4 is 27.7 Å². The van der Waals surface area contributed by atoms with Crippen molar-refractivity contribution in [1.29, 1.82) is 0 Å². The first-order valence-corrected chi connectivity index (χ1v) is 6.90. The second-order valence-corrected chi connectivity index (χ2v) is 5.21. The summed E-state index contributed by atoms with van der Waals surface area (Å²) in [6, 6.07) is 11.8. The molecule has 2 rings (SSSR count). The normalized spacial score (nSPS) is 10.2. The van der Waals surface area contributed by atoms with Gasteiger partial charge >= 0.3 is 0 Å². The molecule has 0 atom stereocenters. The minimum Gasteiger partial charge on any atom is -0.311 e. The van der Waals surface area contributed by atoms with Crippen molar-refractivity contribution in [2.75, 3.05) is 5.32 Å². The van der Waals surface area contributed by atoms with Gasteiger partial charge in [0, 0.05) is 17.1 Å². The second-order valence-electron chi connectivity index (χ2n) is 4.35. The van der Waals surface area contributed by atoms with Gasteiger partial charge in [-0.05, 0) is 46.5 Å². The molecular weight excluding hydrogens is 304 g/mol. The Morgan fingerprint density at radius 2 is 2.05 bits per heavy atom. The number of rotatable bonds is 4. The third-order valence-electron chi connectivity index (χ3n) is 2.80. The largest absolute Gasteiger partial charge is 0.311 e. The maximum Gasteiger partial charge on any atom is 0.225 e. The molecule has 0 saturated carbocycles. The van der Waals surface area contributed by atoms with Gasteiger partial charge in [-0.3, -0.25) is 4.79 Å². The fourth-order valence-electron chi connectivity index (χ4n) is 1.72. The maximum atomic E-state index is 11.8. The summed E-state index contributed by atoms with van der Waals surface area (Å²) in [7, 11) is 0. The SMILES string of the molecule is Cc1cc(NC(=O)CCc2ccccc2)ncc1Br. The summed E-state index contributed by atoms with van der Waals surface area (Å²) in [6.45, 7) is 1.96. The summed E-state index contributed by atoms with van der Waals surface area (Å²) >= 11 is 3.38. The number of carbonyl (C=O) groups excluding carboxylic acids is 1. The minimum atomic E-state index is -0.0157. The maximum absolute atomic E-state index is 11.8. The lowest BCUT2D eigenvalue weighted by molar-refractivity contribution is -0.116. The first-order valence-electron chi connectivity index (χ1n) is 6.11. The fourth-order valence-corrected chi connectivity index (χ4v) is 1.93. The number of hydrogen-bond donors (Lipinski definition) is 1. The average Bonchev–Trinajstić information content (AvgIpc) is 2.42. The third-order valence-corrected chi connectivity index (χ3v) is 3.63.